The number of anilines is 1. The first kappa shape index (κ1) is 15.8. The molecule has 1 aromatic heterocycles. The molecule has 0 amide bonds. The fraction of sp³-hybridized carbons (Fsp3) is 0.100. The lowest BCUT2D eigenvalue weighted by Crippen LogP contribution is -2.42. The zero-order chi connectivity index (χ0) is 17.3. The number of fused-ring (bicyclic) bond motifs is 1. The lowest BCUT2D eigenvalue weighted by molar-refractivity contribution is 0.277. The van der Waals surface area contributed by atoms with Gasteiger partial charge in [0.2, 0.25) is 0 Å². The molecular weight excluding hydrogens is 337 g/mol. The number of alkyl halides is 1. The zero-order valence-corrected chi connectivity index (χ0v) is 14.0. The molecule has 3 nitrogen and oxygen atoms in total. The molecule has 1 aliphatic rings. The minimum absolute atomic E-state index is 0.0915. The van der Waals surface area contributed by atoms with Crippen molar-refractivity contribution >= 4 is 28.7 Å². The van der Waals surface area contributed by atoms with E-state index in [2.05, 4.69) is 15.3 Å². The molecule has 0 aliphatic carbocycles. The molecule has 1 atom stereocenters. The minimum Gasteiger partial charge on any atom is -0.380 e. The highest BCUT2D eigenvalue weighted by atomic mass is 35.5. The molecule has 0 saturated carbocycles. The van der Waals surface area contributed by atoms with Crippen molar-refractivity contribution < 1.29 is 4.39 Å². The van der Waals surface area contributed by atoms with E-state index in [4.69, 9.17) is 11.6 Å². The number of hydrogen-bond donors (Lipinski definition) is 1. The molecular formula is C20H15ClFN3. The molecule has 1 unspecified atom stereocenters. The third kappa shape index (κ3) is 2.89. The van der Waals surface area contributed by atoms with E-state index < -0.39 is 5.67 Å². The van der Waals surface area contributed by atoms with Crippen molar-refractivity contribution in [3.05, 3.63) is 89.2 Å². The van der Waals surface area contributed by atoms with Crippen molar-refractivity contribution in [2.75, 3.05) is 11.9 Å². The van der Waals surface area contributed by atoms with Crippen LogP contribution < -0.4 is 5.32 Å². The smallest absolute Gasteiger partial charge is 0.195 e. The van der Waals surface area contributed by atoms with Gasteiger partial charge in [-0.3, -0.25) is 4.98 Å². The Morgan fingerprint density at radius 1 is 1.04 bits per heavy atom. The van der Waals surface area contributed by atoms with Gasteiger partial charge in [-0.1, -0.05) is 41.9 Å². The summed E-state index contributed by atoms with van der Waals surface area (Å²) in [6.07, 6.45) is 3.29. The van der Waals surface area contributed by atoms with Gasteiger partial charge >= 0.3 is 0 Å². The number of aromatic nitrogens is 1. The fourth-order valence-corrected chi connectivity index (χ4v) is 3.22. The van der Waals surface area contributed by atoms with Crippen molar-refractivity contribution in [1.29, 1.82) is 0 Å². The fourth-order valence-electron chi connectivity index (χ4n) is 3.03. The highest BCUT2D eigenvalue weighted by molar-refractivity contribution is 6.30. The Balaban J connectivity index is 1.93. The molecule has 3 aromatic rings. The molecule has 4 rings (SSSR count). The molecule has 1 N–H and O–H groups in total. The molecule has 0 saturated heterocycles. The van der Waals surface area contributed by atoms with Gasteiger partial charge in [0.1, 0.15) is 0 Å². The van der Waals surface area contributed by atoms with Gasteiger partial charge in [-0.15, -0.1) is 0 Å². The van der Waals surface area contributed by atoms with E-state index in [0.717, 1.165) is 11.3 Å². The van der Waals surface area contributed by atoms with Gasteiger partial charge in [-0.2, -0.15) is 0 Å². The van der Waals surface area contributed by atoms with Crippen molar-refractivity contribution in [1.82, 2.24) is 4.98 Å². The van der Waals surface area contributed by atoms with Crippen molar-refractivity contribution in [2.45, 2.75) is 5.67 Å². The van der Waals surface area contributed by atoms with Crippen LogP contribution in [0.1, 0.15) is 11.1 Å². The predicted octanol–water partition coefficient (Wildman–Crippen LogP) is 5.15. The van der Waals surface area contributed by atoms with Crippen LogP contribution in [0, 0.1) is 0 Å². The van der Waals surface area contributed by atoms with Gasteiger partial charge < -0.3 is 5.32 Å². The van der Waals surface area contributed by atoms with Crippen LogP contribution in [0.5, 0.6) is 0 Å². The first-order valence-electron chi connectivity index (χ1n) is 7.94. The molecule has 0 bridgehead atoms. The Hall–Kier alpha value is -2.72. The van der Waals surface area contributed by atoms with Gasteiger partial charge in [0.25, 0.3) is 0 Å². The van der Waals surface area contributed by atoms with Gasteiger partial charge in [-0.05, 0) is 35.9 Å². The summed E-state index contributed by atoms with van der Waals surface area (Å²) in [6, 6.07) is 18.0. The van der Waals surface area contributed by atoms with E-state index in [1.54, 1.807) is 48.8 Å². The lowest BCUT2D eigenvalue weighted by atomic mass is 9.83. The summed E-state index contributed by atoms with van der Waals surface area (Å²) >= 11 is 6.10. The summed E-state index contributed by atoms with van der Waals surface area (Å²) in [7, 11) is 0. The largest absolute Gasteiger partial charge is 0.380 e. The van der Waals surface area contributed by atoms with E-state index in [9.17, 15) is 0 Å². The number of nitrogens with one attached hydrogen (secondary N) is 1. The van der Waals surface area contributed by atoms with E-state index >= 15 is 4.39 Å². The normalized spacial score (nSPS) is 20.8. The predicted molar refractivity (Wildman–Crippen MR) is 99.6 cm³/mol. The summed E-state index contributed by atoms with van der Waals surface area (Å²) < 4.78 is 16.2. The standard InChI is InChI=1S/C20H15ClFN3/c21-15-5-3-4-14(12-15)20(22)13-24-18-7-2-1-6-17(18)19(20)25-16-8-10-23-11-9-16/h1-12,24H,13H2. The average molecular weight is 352 g/mol. The first-order chi connectivity index (χ1) is 12.2. The maximum Gasteiger partial charge on any atom is 0.195 e. The number of rotatable bonds is 2. The van der Waals surface area contributed by atoms with Gasteiger partial charge in [-0.25, -0.2) is 9.38 Å². The minimum atomic E-state index is -1.79. The van der Waals surface area contributed by atoms with Crippen LogP contribution in [-0.4, -0.2) is 17.2 Å². The van der Waals surface area contributed by atoms with Gasteiger partial charge in [0.15, 0.2) is 5.67 Å². The highest BCUT2D eigenvalue weighted by Crippen LogP contribution is 2.39. The Kier molecular flexibility index (Phi) is 3.98. The number of para-hydroxylation sites is 1. The number of benzene rings is 2. The van der Waals surface area contributed by atoms with Crippen LogP contribution in [-0.2, 0) is 5.67 Å². The second-order valence-electron chi connectivity index (χ2n) is 5.88. The van der Waals surface area contributed by atoms with Crippen LogP contribution in [0.15, 0.2) is 78.0 Å². The second-order valence-corrected chi connectivity index (χ2v) is 6.31. The van der Waals surface area contributed by atoms with Gasteiger partial charge in [0.05, 0.1) is 17.9 Å². The van der Waals surface area contributed by atoms with E-state index in [1.807, 2.05) is 24.3 Å². The van der Waals surface area contributed by atoms with Crippen LogP contribution in [0.25, 0.3) is 0 Å². The number of hydrogen-bond acceptors (Lipinski definition) is 3. The zero-order valence-electron chi connectivity index (χ0n) is 13.3. The van der Waals surface area contributed by atoms with Crippen molar-refractivity contribution in [3.63, 3.8) is 0 Å². The summed E-state index contributed by atoms with van der Waals surface area (Å²) in [5.74, 6) is 0. The lowest BCUT2D eigenvalue weighted by Gasteiger charge is -2.34. The molecule has 0 fully saturated rings. The Morgan fingerprint density at radius 3 is 2.64 bits per heavy atom. The average Bonchev–Trinajstić information content (AvgIpc) is 2.65. The molecule has 1 aliphatic heterocycles. The van der Waals surface area contributed by atoms with Crippen LogP contribution in [0.4, 0.5) is 15.8 Å². The second kappa shape index (κ2) is 6.30. The number of pyridine rings is 1. The summed E-state index contributed by atoms with van der Waals surface area (Å²) in [5.41, 5.74) is 1.33. The summed E-state index contributed by atoms with van der Waals surface area (Å²) in [4.78, 5) is 8.63. The number of aliphatic imine (C=N–C) groups is 1. The van der Waals surface area contributed by atoms with E-state index in [0.29, 0.717) is 22.0 Å². The monoisotopic (exact) mass is 351 g/mol. The number of nitrogens with zero attached hydrogens (tertiary/aromatic N) is 2. The third-order valence-electron chi connectivity index (χ3n) is 4.27. The molecule has 124 valence electrons. The van der Waals surface area contributed by atoms with Crippen molar-refractivity contribution in [3.8, 4) is 0 Å². The maximum atomic E-state index is 16.2. The topological polar surface area (TPSA) is 37.3 Å². The van der Waals surface area contributed by atoms with Gasteiger partial charge in [0, 0.05) is 28.7 Å². The quantitative estimate of drug-likeness (QED) is 0.693. The molecule has 2 heterocycles. The Morgan fingerprint density at radius 2 is 1.84 bits per heavy atom. The van der Waals surface area contributed by atoms with Crippen molar-refractivity contribution in [2.24, 2.45) is 4.99 Å². The SMILES string of the molecule is FC1(c2cccc(Cl)c2)CNc2ccccc2C1=Nc1ccncc1. The van der Waals surface area contributed by atoms with Crippen LogP contribution >= 0.6 is 11.6 Å². The molecule has 25 heavy (non-hydrogen) atoms. The first-order valence-corrected chi connectivity index (χ1v) is 8.32. The van der Waals surface area contributed by atoms with E-state index in [1.165, 1.54) is 0 Å². The van der Waals surface area contributed by atoms with E-state index in [-0.39, 0.29) is 6.54 Å². The van der Waals surface area contributed by atoms with Crippen LogP contribution in [0.3, 0.4) is 0 Å². The third-order valence-corrected chi connectivity index (χ3v) is 4.50. The maximum absolute atomic E-state index is 16.2. The summed E-state index contributed by atoms with van der Waals surface area (Å²) in [6.45, 7) is 0.0915. The molecule has 0 radical (unpaired) electrons. The molecule has 2 aromatic carbocycles. The molecule has 5 heteroatoms. The Labute approximate surface area is 150 Å². The summed E-state index contributed by atoms with van der Waals surface area (Å²) in [5, 5.41) is 3.67. The van der Waals surface area contributed by atoms with Crippen LogP contribution in [0.2, 0.25) is 5.02 Å². The molecule has 0 spiro atoms. The number of halogens is 2. The Bertz CT molecular complexity index is 942. The highest BCUT2D eigenvalue weighted by Gasteiger charge is 2.42.